The van der Waals surface area contributed by atoms with Gasteiger partial charge in [0.2, 0.25) is 8.91 Å². The van der Waals surface area contributed by atoms with Crippen molar-refractivity contribution >= 4 is 188 Å². The summed E-state index contributed by atoms with van der Waals surface area (Å²) in [4.78, 5) is 60.2. The second-order valence-corrected chi connectivity index (χ2v) is 35.5. The molecule has 0 fully saturated rings. The summed E-state index contributed by atoms with van der Waals surface area (Å²) in [6, 6.07) is 51.2. The summed E-state index contributed by atoms with van der Waals surface area (Å²) >= 11 is 11.8. The van der Waals surface area contributed by atoms with Crippen LogP contribution in [0.4, 0.5) is 0 Å². The van der Waals surface area contributed by atoms with E-state index in [0.717, 1.165) is 131 Å². The van der Waals surface area contributed by atoms with E-state index >= 15 is 0 Å². The molecule has 2 aliphatic rings. The molecule has 3 aromatic heterocycles. The Morgan fingerprint density at radius 3 is 1.01 bits per heavy atom. The predicted molar refractivity (Wildman–Crippen MR) is 401 cm³/mol. The minimum atomic E-state index is -4.03. The van der Waals surface area contributed by atoms with Gasteiger partial charge in [-0.05, 0) is 180 Å². The first-order chi connectivity index (χ1) is 44.6. The van der Waals surface area contributed by atoms with Crippen molar-refractivity contribution in [2.75, 3.05) is 41.1 Å². The topological polar surface area (TPSA) is 245 Å². The summed E-state index contributed by atoms with van der Waals surface area (Å²) < 4.78 is 35.3. The van der Waals surface area contributed by atoms with Crippen LogP contribution in [0.3, 0.4) is 0 Å². The third-order valence-electron chi connectivity index (χ3n) is 15.2. The van der Waals surface area contributed by atoms with Crippen molar-refractivity contribution in [2.45, 2.75) is 83.8 Å². The van der Waals surface area contributed by atoms with E-state index in [1.165, 1.54) is 19.3 Å². The maximum Gasteiger partial charge on any atom is 2.00 e. The number of hydrogen-bond donors (Lipinski definition) is 2. The van der Waals surface area contributed by atoms with Gasteiger partial charge in [0.05, 0.1) is 33.4 Å². The molecule has 95 heavy (non-hydrogen) atoms. The first-order valence-electron chi connectivity index (χ1n) is 29.9. The molecule has 496 valence electrons. The average molecular weight is 1810 g/mol. The molecule has 8 bridgehead atoms. The molecule has 8 aromatic carbocycles. The van der Waals surface area contributed by atoms with Gasteiger partial charge in [0, 0.05) is 50.6 Å². The molecule has 1 atom stereocenters. The maximum absolute atomic E-state index is 10.2. The predicted octanol–water partition coefficient (Wildman–Crippen LogP) is 10.6. The summed E-state index contributed by atoms with van der Waals surface area (Å²) in [7, 11) is -8.80. The molecule has 0 spiro atoms. The minimum Gasteiger partial charge on any atom is -0.748 e. The molecule has 16 nitrogen and oxygen atoms in total. The van der Waals surface area contributed by atoms with E-state index < -0.39 is 37.1 Å². The molecule has 0 aliphatic carbocycles. The molecule has 2 N–H and O–H groups in total. The van der Waals surface area contributed by atoms with Crippen molar-refractivity contribution in [2.24, 2.45) is 0 Å². The van der Waals surface area contributed by atoms with Crippen molar-refractivity contribution in [1.29, 1.82) is 0 Å². The van der Waals surface area contributed by atoms with Crippen LogP contribution in [0.5, 0.6) is 0 Å². The Balaban J connectivity index is 0.000000413. The number of benzene rings is 8. The molecular weight excluding hydrogens is 1740 g/mol. The standard InChI is InChI=1S/C48H24N8.C8H20O4SSi.C8H22O4SSi.4CH3Br.2Na.Pt/c1-2-10-26-18-34-33(17-25(26)9-1)41-49-42(34)54-44-37-21-29-13-5-6-14-30(29)22-38(37)46(51-44)56-48-40-24-32-16-8-7-15-31(32)23-39(40)47(52-48)55-45-36-20-28-12-4-3-11-27(28)19-35(36)43(50-45)53-41;1-14(2,12)8-6-4-3-5-7-13(9,10)11;1-3-4-5-6-7-8-13(2,14-10)12-11-9;4*1-2;;;/h1-24H;12H,3-8H2,1-2H3,(H,9,10,11);9-10H,3-8,14H2,1-2H3;4*1H3;;;/q-2;;;;;;;2*+1;+2/p-2. The van der Waals surface area contributed by atoms with Crippen molar-refractivity contribution in [3.63, 3.8) is 0 Å². The third kappa shape index (κ3) is 22.6. The zero-order valence-electron chi connectivity index (χ0n) is 55.1. The largest absolute Gasteiger partial charge is 2.00 e. The summed E-state index contributed by atoms with van der Waals surface area (Å²) in [5.41, 5.74) is 5.67. The van der Waals surface area contributed by atoms with Gasteiger partial charge in [0.15, 0.2) is 8.32 Å². The Hall–Kier alpha value is -2.74. The normalized spacial score (nSPS) is 12.2. The van der Waals surface area contributed by atoms with Crippen molar-refractivity contribution < 1.29 is 117 Å². The van der Waals surface area contributed by atoms with Crippen LogP contribution >= 0.6 is 73.5 Å². The number of fused-ring (bicyclic) bond motifs is 24. The van der Waals surface area contributed by atoms with Crippen LogP contribution in [0.2, 0.25) is 19.1 Å². The van der Waals surface area contributed by atoms with Crippen molar-refractivity contribution in [3.8, 4) is 45.6 Å². The molecule has 1 unspecified atom stereocenters. The number of aromatic nitrogens is 8. The second-order valence-electron chi connectivity index (χ2n) is 22.3. The number of rotatable bonds is 16. The molecule has 0 amide bonds. The monoisotopic (exact) mass is 1810 g/mol. The quantitative estimate of drug-likeness (QED) is 0.0228. The molecule has 2 aliphatic heterocycles. The van der Waals surface area contributed by atoms with Crippen LogP contribution in [-0.2, 0) is 40.6 Å². The summed E-state index contributed by atoms with van der Waals surface area (Å²) in [5, 5.41) is 25.5. The molecule has 27 heteroatoms. The van der Waals surface area contributed by atoms with E-state index in [9.17, 15) is 23.0 Å². The van der Waals surface area contributed by atoms with Gasteiger partial charge in [-0.25, -0.2) is 18.4 Å². The fourth-order valence-electron chi connectivity index (χ4n) is 10.8. The SMILES string of the molecule is CBr.CBr.CBr.CBr.CCCCCCCS(C)(OO[O-])[SiH2]O.C[Si](C)(O)CCCCCCS(=O)(=O)[O-].[Na+].[Na+].[Pt+2].c1ccc2cc3c(cc2c1)-c1nc-3nc2[n-]c(nc3nc(nc4[n-]c(n1)c1cc5ccccc5cc41)-c1cc4ccccc4cc1-3)c1cc3ccccc3cc21. The van der Waals surface area contributed by atoms with Crippen molar-refractivity contribution in [3.05, 3.63) is 146 Å². The molecule has 0 saturated carbocycles. The molecule has 13 rings (SSSR count). The zero-order valence-corrected chi connectivity index (χ0v) is 71.8. The Kier molecular flexibility index (Phi) is 36.8. The maximum atomic E-state index is 10.2. The fourth-order valence-corrected chi connectivity index (χ4v) is 14.9. The van der Waals surface area contributed by atoms with Crippen molar-refractivity contribution in [1.82, 2.24) is 39.9 Å². The molecule has 0 saturated heterocycles. The Morgan fingerprint density at radius 1 is 0.474 bits per heavy atom. The third-order valence-corrected chi connectivity index (χ3v) is 22.5. The van der Waals surface area contributed by atoms with E-state index in [0.29, 0.717) is 52.3 Å². The van der Waals surface area contributed by atoms with Gasteiger partial charge in [-0.1, -0.05) is 222 Å². The molecule has 11 aromatic rings. The van der Waals surface area contributed by atoms with E-state index in [1.807, 2.05) is 91.2 Å². The van der Waals surface area contributed by atoms with Gasteiger partial charge < -0.3 is 49.3 Å². The van der Waals surface area contributed by atoms with E-state index in [-0.39, 0.29) is 85.9 Å². The Morgan fingerprint density at radius 2 is 0.747 bits per heavy atom. The Labute approximate surface area is 653 Å². The molecule has 0 radical (unpaired) electrons. The first-order valence-corrected chi connectivity index (χ1v) is 45.6. The van der Waals surface area contributed by atoms with Gasteiger partial charge in [0.25, 0.3) is 0 Å². The summed E-state index contributed by atoms with van der Waals surface area (Å²) in [6.07, 6.45) is 10.7. The molecular formula is C68H76Br4N8Na2O8PtS2Si2. The van der Waals surface area contributed by atoms with Gasteiger partial charge >= 0.3 is 80.2 Å². The van der Waals surface area contributed by atoms with Crippen LogP contribution in [0, 0.1) is 0 Å². The zero-order chi connectivity index (χ0) is 66.6. The van der Waals surface area contributed by atoms with E-state index in [1.54, 1.807) is 0 Å². The van der Waals surface area contributed by atoms with Gasteiger partial charge in [0.1, 0.15) is 0 Å². The van der Waals surface area contributed by atoms with Crippen LogP contribution in [0.1, 0.15) is 64.7 Å². The average Bonchev–Trinajstić information content (AvgIpc) is 1.60. The van der Waals surface area contributed by atoms with Gasteiger partial charge in [-0.3, -0.25) is 5.04 Å². The molecule has 5 heterocycles. The number of alkyl halides is 4. The number of unbranched alkanes of at least 4 members (excludes halogenated alkanes) is 7. The number of hydrogen-bond acceptors (Lipinski definition) is 14. The van der Waals surface area contributed by atoms with Crippen LogP contribution in [0.25, 0.3) is 133 Å². The second kappa shape index (κ2) is 41.2. The fraction of sp³-hybridized carbons (Fsp3) is 0.294. The summed E-state index contributed by atoms with van der Waals surface area (Å²) in [6.45, 7) is 5.94. The minimum absolute atomic E-state index is 0. The number of nitrogens with zero attached hydrogens (tertiary/aromatic N) is 8. The Bertz CT molecular complexity index is 4130. The van der Waals surface area contributed by atoms with Crippen LogP contribution in [-0.4, -0.2) is 111 Å². The van der Waals surface area contributed by atoms with E-state index in [4.69, 9.17) is 44.7 Å². The first kappa shape index (κ1) is 84.7. The van der Waals surface area contributed by atoms with Crippen LogP contribution < -0.4 is 74.3 Å². The summed E-state index contributed by atoms with van der Waals surface area (Å²) in [5.74, 6) is 9.93. The van der Waals surface area contributed by atoms with E-state index in [2.05, 4.69) is 177 Å². The smallest absolute Gasteiger partial charge is 0.748 e. The van der Waals surface area contributed by atoms with Gasteiger partial charge in [-0.15, -0.1) is 0 Å². The van der Waals surface area contributed by atoms with Crippen LogP contribution in [0.15, 0.2) is 146 Å². The number of halogens is 4. The van der Waals surface area contributed by atoms with Gasteiger partial charge in [-0.2, -0.15) is 4.33 Å².